The van der Waals surface area contributed by atoms with Gasteiger partial charge in [0.05, 0.1) is 13.9 Å². The first kappa shape index (κ1) is 14.0. The topological polar surface area (TPSA) is 40.5 Å². The third kappa shape index (κ3) is 2.64. The minimum Gasteiger partial charge on any atom is -0.506 e. The molecule has 0 saturated carbocycles. The normalized spacial score (nSPS) is 17.9. The summed E-state index contributed by atoms with van der Waals surface area (Å²) in [6.45, 7) is 0. The quantitative estimate of drug-likeness (QED) is 0.567. The summed E-state index contributed by atoms with van der Waals surface area (Å²) in [6.07, 6.45) is 1.75. The molecule has 18 heavy (non-hydrogen) atoms. The molecule has 3 nitrogen and oxygen atoms in total. The zero-order chi connectivity index (χ0) is 13.4. The van der Waals surface area contributed by atoms with Crippen LogP contribution in [0.4, 0.5) is 0 Å². The van der Waals surface area contributed by atoms with Gasteiger partial charge in [-0.2, -0.15) is 0 Å². The number of halogens is 2. The summed E-state index contributed by atoms with van der Waals surface area (Å²) in [7, 11) is 1.65. The van der Waals surface area contributed by atoms with E-state index in [4.69, 9.17) is 12.2 Å². The van der Waals surface area contributed by atoms with Crippen LogP contribution in [0.3, 0.4) is 0 Å². The fourth-order valence-corrected chi connectivity index (χ4v) is 3.77. The summed E-state index contributed by atoms with van der Waals surface area (Å²) in [5.74, 6) is 0.0283. The minimum absolute atomic E-state index is 0.106. The highest BCUT2D eigenvalue weighted by Crippen LogP contribution is 2.36. The number of carbonyl (C=O) groups is 1. The average Bonchev–Trinajstić information content (AvgIpc) is 2.54. The minimum atomic E-state index is -0.106. The number of hydrogen-bond acceptors (Lipinski definition) is 4. The molecule has 1 aromatic carbocycles. The molecule has 94 valence electrons. The van der Waals surface area contributed by atoms with Crippen molar-refractivity contribution < 1.29 is 9.90 Å². The smallest absolute Gasteiger partial charge is 0.265 e. The van der Waals surface area contributed by atoms with Crippen molar-refractivity contribution in [2.24, 2.45) is 0 Å². The molecule has 2 rings (SSSR count). The van der Waals surface area contributed by atoms with Crippen LogP contribution in [0.15, 0.2) is 26.0 Å². The van der Waals surface area contributed by atoms with Gasteiger partial charge in [-0.3, -0.25) is 9.69 Å². The molecule has 0 aromatic heterocycles. The van der Waals surface area contributed by atoms with Crippen molar-refractivity contribution in [1.29, 1.82) is 0 Å². The Labute approximate surface area is 130 Å². The van der Waals surface area contributed by atoms with Crippen molar-refractivity contribution in [2.75, 3.05) is 7.05 Å². The van der Waals surface area contributed by atoms with Gasteiger partial charge in [-0.15, -0.1) is 0 Å². The summed E-state index contributed by atoms with van der Waals surface area (Å²) >= 11 is 12.8. The predicted molar refractivity (Wildman–Crippen MR) is 84.4 cm³/mol. The van der Waals surface area contributed by atoms with Crippen molar-refractivity contribution >= 4 is 72.1 Å². The van der Waals surface area contributed by atoms with Gasteiger partial charge >= 0.3 is 0 Å². The maximum absolute atomic E-state index is 11.8. The molecular formula is C11H7Br2NO2S2. The van der Waals surface area contributed by atoms with E-state index in [9.17, 15) is 9.90 Å². The molecule has 0 bridgehead atoms. The molecule has 7 heteroatoms. The van der Waals surface area contributed by atoms with E-state index in [0.717, 1.165) is 5.56 Å². The van der Waals surface area contributed by atoms with Crippen LogP contribution in [0.5, 0.6) is 5.75 Å². The Balaban J connectivity index is 2.40. The van der Waals surface area contributed by atoms with Gasteiger partial charge in [0, 0.05) is 7.05 Å². The number of rotatable bonds is 1. The van der Waals surface area contributed by atoms with E-state index < -0.39 is 0 Å². The Kier molecular flexibility index (Phi) is 4.15. The van der Waals surface area contributed by atoms with Crippen LogP contribution < -0.4 is 0 Å². The second kappa shape index (κ2) is 5.32. The van der Waals surface area contributed by atoms with Crippen molar-refractivity contribution in [3.63, 3.8) is 0 Å². The van der Waals surface area contributed by atoms with Crippen molar-refractivity contribution in [1.82, 2.24) is 4.90 Å². The Hall–Kier alpha value is -0.370. The molecule has 1 aliphatic heterocycles. The first-order valence-corrected chi connectivity index (χ1v) is 7.61. The number of aromatic hydroxyl groups is 1. The Morgan fingerprint density at radius 3 is 2.39 bits per heavy atom. The van der Waals surface area contributed by atoms with Crippen LogP contribution in [-0.4, -0.2) is 27.3 Å². The zero-order valence-electron chi connectivity index (χ0n) is 9.11. The number of hydrogen-bond donors (Lipinski definition) is 1. The van der Waals surface area contributed by atoms with Crippen LogP contribution in [0.2, 0.25) is 0 Å². The molecule has 1 aliphatic rings. The van der Waals surface area contributed by atoms with Crippen LogP contribution in [0.25, 0.3) is 6.08 Å². The third-order valence-electron chi connectivity index (χ3n) is 2.32. The van der Waals surface area contributed by atoms with Gasteiger partial charge in [0.25, 0.3) is 5.91 Å². The fourth-order valence-electron chi connectivity index (χ4n) is 1.37. The van der Waals surface area contributed by atoms with Gasteiger partial charge in [0.1, 0.15) is 10.1 Å². The summed E-state index contributed by atoms with van der Waals surface area (Å²) < 4.78 is 1.67. The van der Waals surface area contributed by atoms with E-state index in [0.29, 0.717) is 18.2 Å². The maximum atomic E-state index is 11.8. The molecule has 0 unspecified atom stereocenters. The van der Waals surface area contributed by atoms with Crippen LogP contribution in [-0.2, 0) is 4.79 Å². The molecule has 1 aromatic rings. The number of likely N-dealkylation sites (N-methyl/N-ethyl adjacent to an activating group) is 1. The van der Waals surface area contributed by atoms with Gasteiger partial charge in [0.2, 0.25) is 0 Å². The first-order valence-electron chi connectivity index (χ1n) is 4.79. The molecular weight excluding hydrogens is 402 g/mol. The lowest BCUT2D eigenvalue weighted by Gasteiger charge is -2.04. The van der Waals surface area contributed by atoms with Gasteiger partial charge in [-0.05, 0) is 55.6 Å². The second-order valence-corrected chi connectivity index (χ2v) is 6.96. The SMILES string of the molecule is CN1C(=O)/C(=C\c2cc(Br)c(O)c(Br)c2)SC1=S. The monoisotopic (exact) mass is 407 g/mol. The largest absolute Gasteiger partial charge is 0.506 e. The van der Waals surface area contributed by atoms with Gasteiger partial charge in [0.15, 0.2) is 0 Å². The molecule has 0 radical (unpaired) electrons. The summed E-state index contributed by atoms with van der Waals surface area (Å²) in [4.78, 5) is 13.9. The van der Waals surface area contributed by atoms with E-state index in [2.05, 4.69) is 31.9 Å². The highest BCUT2D eigenvalue weighted by molar-refractivity contribution is 9.11. The number of carbonyl (C=O) groups excluding carboxylic acids is 1. The first-order chi connectivity index (χ1) is 8.40. The van der Waals surface area contributed by atoms with Gasteiger partial charge in [-0.25, -0.2) is 0 Å². The van der Waals surface area contributed by atoms with E-state index >= 15 is 0 Å². The number of phenols is 1. The Morgan fingerprint density at radius 2 is 1.94 bits per heavy atom. The summed E-state index contributed by atoms with van der Waals surface area (Å²) in [5.41, 5.74) is 0.806. The van der Waals surface area contributed by atoms with Crippen molar-refractivity contribution in [3.8, 4) is 5.75 Å². The number of amides is 1. The third-order valence-corrected chi connectivity index (χ3v) is 5.02. The molecule has 0 atom stereocenters. The number of thiocarbonyl (C=S) groups is 1. The molecule has 1 fully saturated rings. The standard InChI is InChI=1S/C11H7Br2NO2S2/c1-14-10(16)8(18-11(14)17)4-5-2-6(12)9(15)7(13)3-5/h2-4,15H,1H3/b8-4+. The lowest BCUT2D eigenvalue weighted by Crippen LogP contribution is -2.22. The summed E-state index contributed by atoms with van der Waals surface area (Å²) in [5, 5.41) is 9.61. The molecule has 1 saturated heterocycles. The van der Waals surface area contributed by atoms with Crippen molar-refractivity contribution in [3.05, 3.63) is 31.5 Å². The highest BCUT2D eigenvalue weighted by atomic mass is 79.9. The van der Waals surface area contributed by atoms with Crippen molar-refractivity contribution in [2.45, 2.75) is 0 Å². The van der Waals surface area contributed by atoms with E-state index in [1.807, 2.05) is 0 Å². The Morgan fingerprint density at radius 1 is 1.39 bits per heavy atom. The average molecular weight is 409 g/mol. The second-order valence-electron chi connectivity index (χ2n) is 3.57. The molecule has 0 spiro atoms. The Bertz CT molecular complexity index is 563. The molecule has 1 heterocycles. The molecule has 1 amide bonds. The number of benzene rings is 1. The van der Waals surface area contributed by atoms with Gasteiger partial charge in [-0.1, -0.05) is 24.0 Å². The van der Waals surface area contributed by atoms with Crippen LogP contribution in [0, 0.1) is 0 Å². The lowest BCUT2D eigenvalue weighted by molar-refractivity contribution is -0.121. The number of phenolic OH excluding ortho intramolecular Hbond substituents is 1. The molecule has 1 N–H and O–H groups in total. The van der Waals surface area contributed by atoms with Crippen LogP contribution in [0.1, 0.15) is 5.56 Å². The van der Waals surface area contributed by atoms with E-state index in [1.54, 1.807) is 25.3 Å². The van der Waals surface area contributed by atoms with E-state index in [1.165, 1.54) is 16.7 Å². The number of thioether (sulfide) groups is 1. The predicted octanol–water partition coefficient (Wildman–Crippen LogP) is 3.75. The maximum Gasteiger partial charge on any atom is 0.265 e. The highest BCUT2D eigenvalue weighted by Gasteiger charge is 2.28. The summed E-state index contributed by atoms with van der Waals surface area (Å²) in [6, 6.07) is 3.48. The van der Waals surface area contributed by atoms with Crippen LogP contribution >= 0.6 is 55.8 Å². The zero-order valence-corrected chi connectivity index (χ0v) is 13.9. The molecule has 0 aliphatic carbocycles. The van der Waals surface area contributed by atoms with Gasteiger partial charge < -0.3 is 5.11 Å². The number of nitrogens with zero attached hydrogens (tertiary/aromatic N) is 1. The lowest BCUT2D eigenvalue weighted by atomic mass is 10.2. The van der Waals surface area contributed by atoms with E-state index in [-0.39, 0.29) is 11.7 Å². The fraction of sp³-hybridized carbons (Fsp3) is 0.0909.